The van der Waals surface area contributed by atoms with Crippen LogP contribution in [-0.2, 0) is 9.31 Å². The van der Waals surface area contributed by atoms with Crippen molar-refractivity contribution in [2.24, 2.45) is 0 Å². The fraction of sp³-hybridized carbons (Fsp3) is 0.588. The zero-order valence-corrected chi connectivity index (χ0v) is 28.2. The molecule has 1 fully saturated rings. The van der Waals surface area contributed by atoms with Gasteiger partial charge in [0, 0.05) is 26.7 Å². The predicted octanol–water partition coefficient (Wildman–Crippen LogP) is 8.04. The summed E-state index contributed by atoms with van der Waals surface area (Å²) < 4.78 is 15.8. The van der Waals surface area contributed by atoms with Crippen LogP contribution in [0, 0.1) is 47.5 Å². The molecule has 0 N–H and O–H groups in total. The average molecular weight is 542 g/mol. The van der Waals surface area contributed by atoms with Crippen LogP contribution in [0.4, 0.5) is 0 Å². The lowest BCUT2D eigenvalue weighted by Gasteiger charge is -2.48. The van der Waals surface area contributed by atoms with Gasteiger partial charge in [0.25, 0.3) is 5.54 Å². The van der Waals surface area contributed by atoms with Crippen molar-refractivity contribution in [3.8, 4) is 5.97 Å². The Hall–Kier alpha value is -2.35. The van der Waals surface area contributed by atoms with Crippen LogP contribution in [0.15, 0.2) is 24.3 Å². The lowest BCUT2D eigenvalue weighted by Crippen LogP contribution is -2.59. The third-order valence-electron chi connectivity index (χ3n) is 8.21. The molecule has 1 aliphatic rings. The van der Waals surface area contributed by atoms with Gasteiger partial charge in [-0.15, -0.1) is 4.85 Å². The number of hydrogen-bond donors (Lipinski definition) is 0. The standard InChI is InChI=1S/C34H52B2N2O2/c1-22-17-24(3)28(25(4)18-22)30(29-26(5)19-23(2)20-27(29)6)35(21-37-31(7,8)9)38(32(10,11)12)36-39-33(13,14)34(15,16)40-36/h17-20H,1-16H3. The molecule has 6 heteroatoms. The van der Waals surface area contributed by atoms with Crippen LogP contribution >= 0.6 is 0 Å². The second-order valence-electron chi connectivity index (χ2n) is 14.9. The summed E-state index contributed by atoms with van der Waals surface area (Å²) in [7, 11) is -0.579. The SMILES string of the molecule is Cc1cc(C)c(C(=[B-](C#[N+]C(C)(C)C)N(B2OC(C)(C)C(C)(C)O2)C(C)(C)C)c2c(C)cc(C)cc2C)c(C)c1. The van der Waals surface area contributed by atoms with Crippen LogP contribution in [0.3, 0.4) is 0 Å². The van der Waals surface area contributed by atoms with Gasteiger partial charge in [0.05, 0.1) is 11.2 Å². The Morgan fingerprint density at radius 1 is 0.725 bits per heavy atom. The van der Waals surface area contributed by atoms with Crippen molar-refractivity contribution in [1.82, 2.24) is 4.72 Å². The normalized spacial score (nSPS) is 16.4. The molecule has 2 aromatic carbocycles. The van der Waals surface area contributed by atoms with E-state index in [1.165, 1.54) is 50.0 Å². The van der Waals surface area contributed by atoms with Crippen molar-refractivity contribution < 1.29 is 9.31 Å². The Morgan fingerprint density at radius 2 is 1.07 bits per heavy atom. The van der Waals surface area contributed by atoms with E-state index in [-0.39, 0.29) is 17.6 Å². The Labute approximate surface area is 245 Å². The molecule has 3 rings (SSSR count). The molecule has 0 unspecified atom stereocenters. The molecule has 0 aromatic heterocycles. The second-order valence-corrected chi connectivity index (χ2v) is 14.9. The lowest BCUT2D eigenvalue weighted by atomic mass is 9.57. The molecule has 0 aliphatic carbocycles. The van der Waals surface area contributed by atoms with E-state index in [4.69, 9.17) is 14.2 Å². The predicted molar refractivity (Wildman–Crippen MR) is 175 cm³/mol. The minimum atomic E-state index is -0.579. The molecule has 0 spiro atoms. The fourth-order valence-corrected chi connectivity index (χ4v) is 5.88. The Balaban J connectivity index is 2.61. The van der Waals surface area contributed by atoms with Gasteiger partial charge in [-0.3, -0.25) is 0 Å². The molecule has 0 saturated carbocycles. The number of benzene rings is 2. The Bertz CT molecular complexity index is 1270. The molecule has 0 amide bonds. The van der Waals surface area contributed by atoms with E-state index in [1.807, 2.05) is 0 Å². The summed E-state index contributed by atoms with van der Waals surface area (Å²) in [6.07, 6.45) is 0. The number of hydrogen-bond acceptors (Lipinski definition) is 3. The molecule has 216 valence electrons. The maximum absolute atomic E-state index is 6.76. The summed E-state index contributed by atoms with van der Waals surface area (Å²) in [6, 6.07) is 9.15. The summed E-state index contributed by atoms with van der Waals surface area (Å²) in [5.41, 5.74) is 9.62. The van der Waals surface area contributed by atoms with E-state index in [9.17, 15) is 0 Å². The molecular formula is C34H52B2N2O2. The Morgan fingerprint density at radius 3 is 1.38 bits per heavy atom. The fourth-order valence-electron chi connectivity index (χ4n) is 5.88. The highest BCUT2D eigenvalue weighted by atomic mass is 16.7. The zero-order valence-electron chi connectivity index (χ0n) is 28.2. The Kier molecular flexibility index (Phi) is 8.69. The minimum Gasteiger partial charge on any atom is -0.560 e. The van der Waals surface area contributed by atoms with Gasteiger partial charge in [-0.1, -0.05) is 46.5 Å². The zero-order chi connectivity index (χ0) is 30.6. The van der Waals surface area contributed by atoms with Gasteiger partial charge in [-0.05, 0) is 118 Å². The van der Waals surface area contributed by atoms with Gasteiger partial charge in [0.15, 0.2) is 0 Å². The lowest BCUT2D eigenvalue weighted by molar-refractivity contribution is 0.00578. The largest absolute Gasteiger partial charge is 0.560 e. The summed E-state index contributed by atoms with van der Waals surface area (Å²) in [5.74, 6) is 3.69. The van der Waals surface area contributed by atoms with Gasteiger partial charge in [0.2, 0.25) is 0 Å². The van der Waals surface area contributed by atoms with E-state index < -0.39 is 18.5 Å². The maximum atomic E-state index is 6.76. The summed E-state index contributed by atoms with van der Waals surface area (Å²) in [5, 5.41) is 0. The molecular weight excluding hydrogens is 490 g/mol. The first-order valence-electron chi connectivity index (χ1n) is 14.7. The van der Waals surface area contributed by atoms with Crippen LogP contribution in [0.1, 0.15) is 114 Å². The first-order valence-corrected chi connectivity index (χ1v) is 14.7. The quantitative estimate of drug-likeness (QED) is 0.366. The van der Waals surface area contributed by atoms with Crippen molar-refractivity contribution in [2.75, 3.05) is 0 Å². The highest BCUT2D eigenvalue weighted by molar-refractivity contribution is 6.85. The molecule has 0 radical (unpaired) electrons. The van der Waals surface area contributed by atoms with Crippen LogP contribution in [-0.4, -0.2) is 46.2 Å². The maximum Gasteiger partial charge on any atom is 0.547 e. The van der Waals surface area contributed by atoms with Crippen LogP contribution < -0.4 is 0 Å². The van der Waals surface area contributed by atoms with Crippen LogP contribution in [0.25, 0.3) is 4.85 Å². The smallest absolute Gasteiger partial charge is 0.547 e. The number of rotatable bonds is 4. The summed E-state index contributed by atoms with van der Waals surface area (Å²) in [4.78, 5) is 5.04. The van der Waals surface area contributed by atoms with Crippen molar-refractivity contribution in [2.45, 2.75) is 133 Å². The molecule has 1 aliphatic heterocycles. The van der Waals surface area contributed by atoms with E-state index in [2.05, 4.69) is 146 Å². The molecule has 0 bridgehead atoms. The second kappa shape index (κ2) is 10.8. The van der Waals surface area contributed by atoms with Crippen LogP contribution in [0.5, 0.6) is 0 Å². The van der Waals surface area contributed by atoms with Gasteiger partial charge in [-0.2, -0.15) is 5.46 Å². The van der Waals surface area contributed by atoms with Crippen molar-refractivity contribution in [3.63, 3.8) is 0 Å². The van der Waals surface area contributed by atoms with Crippen molar-refractivity contribution >= 4 is 19.2 Å². The van der Waals surface area contributed by atoms with Gasteiger partial charge >= 0.3 is 7.25 Å². The van der Waals surface area contributed by atoms with Crippen LogP contribution in [0.2, 0.25) is 0 Å². The summed E-state index contributed by atoms with van der Waals surface area (Å²) >= 11 is 0. The van der Waals surface area contributed by atoms with E-state index in [1.54, 1.807) is 0 Å². The van der Waals surface area contributed by atoms with E-state index >= 15 is 0 Å². The molecule has 2 aromatic rings. The van der Waals surface area contributed by atoms with E-state index in [0.717, 1.165) is 0 Å². The molecule has 40 heavy (non-hydrogen) atoms. The van der Waals surface area contributed by atoms with Gasteiger partial charge in [0.1, 0.15) is 6.49 Å². The molecule has 0 atom stereocenters. The van der Waals surface area contributed by atoms with Crippen molar-refractivity contribution in [3.05, 3.63) is 73.6 Å². The van der Waals surface area contributed by atoms with Crippen molar-refractivity contribution in [1.29, 1.82) is 0 Å². The third kappa shape index (κ3) is 6.58. The summed E-state index contributed by atoms with van der Waals surface area (Å²) in [6.45, 7) is 34.4. The first-order chi connectivity index (χ1) is 18.1. The molecule has 1 heterocycles. The molecule has 1 saturated heterocycles. The van der Waals surface area contributed by atoms with Gasteiger partial charge in [-0.25, -0.2) is 0 Å². The first kappa shape index (κ1) is 32.2. The third-order valence-corrected chi connectivity index (χ3v) is 8.21. The van der Waals surface area contributed by atoms with Gasteiger partial charge < -0.3 is 14.0 Å². The monoisotopic (exact) mass is 542 g/mol. The van der Waals surface area contributed by atoms with E-state index in [0.29, 0.717) is 0 Å². The highest BCUT2D eigenvalue weighted by Gasteiger charge is 2.54. The number of aryl methyl sites for hydroxylation is 6. The topological polar surface area (TPSA) is 26.1 Å². The minimum absolute atomic E-state index is 0.294. The molecule has 4 nitrogen and oxygen atoms in total. The highest BCUT2D eigenvalue weighted by Crippen LogP contribution is 2.39. The average Bonchev–Trinajstić information content (AvgIpc) is 2.93. The number of nitrogens with zero attached hydrogens (tertiary/aromatic N) is 2.